The Morgan fingerprint density at radius 3 is 2.97 bits per heavy atom. The first-order valence-electron chi connectivity index (χ1n) is 9.16. The maximum absolute atomic E-state index is 12.6. The van der Waals surface area contributed by atoms with Gasteiger partial charge in [0.15, 0.2) is 0 Å². The summed E-state index contributed by atoms with van der Waals surface area (Å²) in [6.07, 6.45) is 3.36. The van der Waals surface area contributed by atoms with Crippen molar-refractivity contribution in [1.29, 1.82) is 0 Å². The number of carbonyl (C=O) groups is 1. The lowest BCUT2D eigenvalue weighted by atomic mass is 10.0. The highest BCUT2D eigenvalue weighted by Crippen LogP contribution is 2.34. The zero-order chi connectivity index (χ0) is 20.3. The van der Waals surface area contributed by atoms with Gasteiger partial charge in [-0.1, -0.05) is 17.7 Å². The molecule has 4 rings (SSSR count). The Morgan fingerprint density at radius 2 is 2.17 bits per heavy atom. The summed E-state index contributed by atoms with van der Waals surface area (Å²) in [4.78, 5) is 16.7. The molecule has 1 amide bonds. The number of fused-ring (bicyclic) bond motifs is 1. The molecule has 1 aromatic heterocycles. The van der Waals surface area contributed by atoms with E-state index < -0.39 is 5.54 Å². The van der Waals surface area contributed by atoms with Crippen molar-refractivity contribution in [2.45, 2.75) is 12.5 Å². The van der Waals surface area contributed by atoms with Crippen molar-refractivity contribution in [1.82, 2.24) is 4.98 Å². The molecule has 7 heteroatoms. The maximum atomic E-state index is 12.6. The topological polar surface area (TPSA) is 72.5 Å². The summed E-state index contributed by atoms with van der Waals surface area (Å²) in [5.41, 5.74) is 1.44. The van der Waals surface area contributed by atoms with Crippen molar-refractivity contribution in [3.63, 3.8) is 0 Å². The number of rotatable bonds is 5. The number of benzene rings is 2. The Bertz CT molecular complexity index is 1030. The highest BCUT2D eigenvalue weighted by molar-refractivity contribution is 6.31. The molecule has 0 aliphatic carbocycles. The number of aromatic nitrogens is 1. The predicted molar refractivity (Wildman–Crippen MR) is 113 cm³/mol. The summed E-state index contributed by atoms with van der Waals surface area (Å²) in [7, 11) is 0. The van der Waals surface area contributed by atoms with Crippen molar-refractivity contribution >= 4 is 28.9 Å². The average molecular weight is 410 g/mol. The first kappa shape index (κ1) is 19.1. The number of carbonyl (C=O) groups excluding carboxylic acids is 1. The van der Waals surface area contributed by atoms with Gasteiger partial charge in [0.05, 0.1) is 11.9 Å². The molecule has 2 N–H and O–H groups in total. The van der Waals surface area contributed by atoms with Crippen LogP contribution in [0.4, 0.5) is 11.4 Å². The summed E-state index contributed by atoms with van der Waals surface area (Å²) >= 11 is 5.98. The second-order valence-electron chi connectivity index (χ2n) is 7.13. The summed E-state index contributed by atoms with van der Waals surface area (Å²) in [6, 6.07) is 16.0. The van der Waals surface area contributed by atoms with Gasteiger partial charge in [0.25, 0.3) is 5.91 Å². The molecule has 1 atom stereocenters. The van der Waals surface area contributed by atoms with Gasteiger partial charge in [-0.3, -0.25) is 9.78 Å². The van der Waals surface area contributed by atoms with Gasteiger partial charge in [-0.05, 0) is 55.5 Å². The molecule has 3 aromatic rings. The van der Waals surface area contributed by atoms with Crippen LogP contribution in [0.3, 0.4) is 0 Å². The quantitative estimate of drug-likeness (QED) is 0.642. The minimum absolute atomic E-state index is 0.226. The lowest BCUT2D eigenvalue weighted by Gasteiger charge is -2.36. The minimum atomic E-state index is -0.453. The van der Waals surface area contributed by atoms with Gasteiger partial charge in [0.1, 0.15) is 30.3 Å². The van der Waals surface area contributed by atoms with Crippen LogP contribution in [0.1, 0.15) is 17.3 Å². The van der Waals surface area contributed by atoms with Crippen molar-refractivity contribution in [2.24, 2.45) is 0 Å². The van der Waals surface area contributed by atoms with E-state index in [9.17, 15) is 4.79 Å². The molecule has 0 bridgehead atoms. The third kappa shape index (κ3) is 4.60. The maximum Gasteiger partial charge on any atom is 0.255 e. The normalized spacial score (nSPS) is 17.4. The highest BCUT2D eigenvalue weighted by atomic mass is 35.5. The molecular weight excluding hydrogens is 390 g/mol. The van der Waals surface area contributed by atoms with E-state index in [1.165, 1.54) is 0 Å². The molecule has 29 heavy (non-hydrogen) atoms. The van der Waals surface area contributed by atoms with Crippen LogP contribution in [-0.2, 0) is 0 Å². The smallest absolute Gasteiger partial charge is 0.255 e. The van der Waals surface area contributed by atoms with E-state index in [0.29, 0.717) is 41.0 Å². The average Bonchev–Trinajstić information content (AvgIpc) is 2.72. The number of pyridine rings is 1. The number of amides is 1. The van der Waals surface area contributed by atoms with E-state index >= 15 is 0 Å². The van der Waals surface area contributed by atoms with Crippen molar-refractivity contribution in [3.05, 3.63) is 77.6 Å². The number of anilines is 2. The SMILES string of the molecule is CC1(COc2cccnc2)COc2ccc(C(=O)Nc3cccc(Cl)c3)cc2N1. The van der Waals surface area contributed by atoms with Gasteiger partial charge < -0.3 is 20.1 Å². The van der Waals surface area contributed by atoms with Crippen molar-refractivity contribution in [3.8, 4) is 11.5 Å². The molecule has 1 aliphatic heterocycles. The zero-order valence-corrected chi connectivity index (χ0v) is 16.6. The molecule has 0 radical (unpaired) electrons. The Labute approximate surface area is 173 Å². The molecule has 0 saturated heterocycles. The predicted octanol–water partition coefficient (Wildman–Crippen LogP) is 4.63. The Morgan fingerprint density at radius 1 is 1.28 bits per heavy atom. The van der Waals surface area contributed by atoms with Gasteiger partial charge in [-0.25, -0.2) is 0 Å². The standard InChI is InChI=1S/C22H20ClN3O3/c1-22(13-28-18-6-3-9-24-12-18)14-29-20-8-7-15(10-19(20)26-22)21(27)25-17-5-2-4-16(23)11-17/h2-12,26H,13-14H2,1H3,(H,25,27). The molecule has 1 aliphatic rings. The summed E-state index contributed by atoms with van der Waals surface area (Å²) in [5.74, 6) is 1.16. The van der Waals surface area contributed by atoms with E-state index in [2.05, 4.69) is 15.6 Å². The van der Waals surface area contributed by atoms with Crippen molar-refractivity contribution < 1.29 is 14.3 Å². The third-order valence-corrected chi connectivity index (χ3v) is 4.73. The van der Waals surface area contributed by atoms with Gasteiger partial charge in [0, 0.05) is 22.5 Å². The lowest BCUT2D eigenvalue weighted by molar-refractivity contribution is 0.102. The molecule has 2 heterocycles. The minimum Gasteiger partial charge on any atom is -0.489 e. The second kappa shape index (κ2) is 8.01. The molecule has 0 saturated carbocycles. The monoisotopic (exact) mass is 409 g/mol. The van der Waals surface area contributed by atoms with Crippen LogP contribution < -0.4 is 20.1 Å². The third-order valence-electron chi connectivity index (χ3n) is 4.50. The van der Waals surface area contributed by atoms with Crippen molar-refractivity contribution in [2.75, 3.05) is 23.8 Å². The van der Waals surface area contributed by atoms with Gasteiger partial charge in [0.2, 0.25) is 0 Å². The number of halogens is 1. The van der Waals surface area contributed by atoms with Crippen LogP contribution in [-0.4, -0.2) is 29.6 Å². The fraction of sp³-hybridized carbons (Fsp3) is 0.182. The fourth-order valence-corrected chi connectivity index (χ4v) is 3.21. The number of hydrogen-bond donors (Lipinski definition) is 2. The van der Waals surface area contributed by atoms with E-state index in [4.69, 9.17) is 21.1 Å². The first-order valence-corrected chi connectivity index (χ1v) is 9.53. The molecule has 2 aromatic carbocycles. The Hall–Kier alpha value is -3.25. The zero-order valence-electron chi connectivity index (χ0n) is 15.8. The molecule has 0 spiro atoms. The van der Waals surface area contributed by atoms with Gasteiger partial charge >= 0.3 is 0 Å². The van der Waals surface area contributed by atoms with E-state index in [1.807, 2.05) is 19.1 Å². The summed E-state index contributed by atoms with van der Waals surface area (Å²) in [6.45, 7) is 2.83. The van der Waals surface area contributed by atoms with Crippen LogP contribution in [0, 0.1) is 0 Å². The van der Waals surface area contributed by atoms with Crippen LogP contribution in [0.25, 0.3) is 0 Å². The van der Waals surface area contributed by atoms with Crippen LogP contribution in [0.2, 0.25) is 5.02 Å². The van der Waals surface area contributed by atoms with E-state index in [0.717, 1.165) is 5.69 Å². The Balaban J connectivity index is 1.47. The number of nitrogens with one attached hydrogen (secondary N) is 2. The molecular formula is C22H20ClN3O3. The summed E-state index contributed by atoms with van der Waals surface area (Å²) in [5, 5.41) is 6.85. The number of ether oxygens (including phenoxy) is 2. The Kier molecular flexibility index (Phi) is 5.27. The molecule has 6 nitrogen and oxygen atoms in total. The number of nitrogens with zero attached hydrogens (tertiary/aromatic N) is 1. The van der Waals surface area contributed by atoms with E-state index in [1.54, 1.807) is 54.9 Å². The second-order valence-corrected chi connectivity index (χ2v) is 7.56. The molecule has 0 fully saturated rings. The molecule has 1 unspecified atom stereocenters. The van der Waals surface area contributed by atoms with Crippen LogP contribution in [0.5, 0.6) is 11.5 Å². The molecule has 148 valence electrons. The number of hydrogen-bond acceptors (Lipinski definition) is 5. The first-order chi connectivity index (χ1) is 14.0. The fourth-order valence-electron chi connectivity index (χ4n) is 3.02. The van der Waals surface area contributed by atoms with Crippen LogP contribution in [0.15, 0.2) is 67.0 Å². The largest absolute Gasteiger partial charge is 0.489 e. The summed E-state index contributed by atoms with van der Waals surface area (Å²) < 4.78 is 11.7. The lowest BCUT2D eigenvalue weighted by Crippen LogP contribution is -2.48. The highest BCUT2D eigenvalue weighted by Gasteiger charge is 2.32. The van der Waals surface area contributed by atoms with Crippen LogP contribution >= 0.6 is 11.6 Å². The van der Waals surface area contributed by atoms with Gasteiger partial charge in [-0.15, -0.1) is 0 Å². The van der Waals surface area contributed by atoms with E-state index in [-0.39, 0.29) is 5.91 Å². The van der Waals surface area contributed by atoms with Gasteiger partial charge in [-0.2, -0.15) is 0 Å².